The van der Waals surface area contributed by atoms with Crippen LogP contribution in [-0.2, 0) is 29.1 Å². The number of likely N-dealkylation sites (N-methyl/N-ethyl adjacent to an activating group) is 1. The first-order valence-electron chi connectivity index (χ1n) is 13.7. The van der Waals surface area contributed by atoms with Crippen LogP contribution in [0.5, 0.6) is 5.75 Å². The molecule has 1 aliphatic heterocycles. The first kappa shape index (κ1) is 29.5. The van der Waals surface area contributed by atoms with Crippen molar-refractivity contribution in [3.63, 3.8) is 0 Å². The van der Waals surface area contributed by atoms with Gasteiger partial charge in [-0.15, -0.1) is 0 Å². The van der Waals surface area contributed by atoms with Gasteiger partial charge in [0.15, 0.2) is 0 Å². The molecule has 3 aromatic carbocycles. The smallest absolute Gasteiger partial charge is 0.411 e. The highest BCUT2D eigenvalue weighted by molar-refractivity contribution is 5.96. The van der Waals surface area contributed by atoms with Crippen LogP contribution in [0.25, 0.3) is 0 Å². The summed E-state index contributed by atoms with van der Waals surface area (Å²) in [5.41, 5.74) is 5.06. The van der Waals surface area contributed by atoms with E-state index in [0.29, 0.717) is 25.2 Å². The molecule has 9 nitrogen and oxygen atoms in total. The number of hydrogen-bond donors (Lipinski definition) is 2. The van der Waals surface area contributed by atoms with Gasteiger partial charge < -0.3 is 24.8 Å². The van der Waals surface area contributed by atoms with Crippen LogP contribution in [0.15, 0.2) is 71.7 Å². The predicted molar refractivity (Wildman–Crippen MR) is 161 cm³/mol. The fraction of sp³-hybridized carbons (Fsp3) is 0.344. The molecule has 0 unspecified atom stereocenters. The molecule has 0 radical (unpaired) electrons. The van der Waals surface area contributed by atoms with E-state index < -0.39 is 12.1 Å². The van der Waals surface area contributed by atoms with Crippen LogP contribution in [0.3, 0.4) is 0 Å². The van der Waals surface area contributed by atoms with Crippen LogP contribution in [0.1, 0.15) is 36.1 Å². The standard InChI is InChI=1S/C32H38N4O5/c1-21(2)18-36(32(38)39)29-16-15-27-26(22(29)3)20-41-31(33-27)34-28(17-23-11-13-25(40-5)14-12-23)30(37)35(4)19-24-9-7-6-8-10-24/h6-16,21,28H,17-20H2,1-5H3,(H,33,34)(H,38,39)/t28-/m0/s1. The number of anilines is 2. The minimum absolute atomic E-state index is 0.134. The molecule has 0 fully saturated rings. The molecule has 2 amide bonds. The van der Waals surface area contributed by atoms with Crippen molar-refractivity contribution in [2.24, 2.45) is 10.9 Å². The number of amidine groups is 1. The van der Waals surface area contributed by atoms with Gasteiger partial charge in [-0.3, -0.25) is 9.69 Å². The normalized spacial score (nSPS) is 14.0. The summed E-state index contributed by atoms with van der Waals surface area (Å²) in [6.07, 6.45) is -0.613. The van der Waals surface area contributed by atoms with Crippen molar-refractivity contribution in [3.05, 3.63) is 89.0 Å². The van der Waals surface area contributed by atoms with Crippen LogP contribution in [-0.4, -0.2) is 54.8 Å². The van der Waals surface area contributed by atoms with Crippen molar-refractivity contribution < 1.29 is 24.2 Å². The van der Waals surface area contributed by atoms with Crippen LogP contribution in [0.2, 0.25) is 0 Å². The van der Waals surface area contributed by atoms with Crippen molar-refractivity contribution in [1.29, 1.82) is 0 Å². The van der Waals surface area contributed by atoms with Crippen molar-refractivity contribution in [2.45, 2.75) is 46.4 Å². The van der Waals surface area contributed by atoms with Gasteiger partial charge in [-0.2, -0.15) is 0 Å². The fourth-order valence-corrected chi connectivity index (χ4v) is 4.85. The Bertz CT molecular complexity index is 1390. The maximum absolute atomic E-state index is 13.7. The van der Waals surface area contributed by atoms with Crippen molar-refractivity contribution in [2.75, 3.05) is 30.9 Å². The molecule has 0 spiro atoms. The molecule has 216 valence electrons. The number of nitrogens with one attached hydrogen (secondary N) is 1. The van der Waals surface area contributed by atoms with E-state index in [1.165, 1.54) is 4.90 Å². The van der Waals surface area contributed by atoms with Gasteiger partial charge in [-0.1, -0.05) is 56.3 Å². The van der Waals surface area contributed by atoms with Crippen LogP contribution < -0.4 is 15.0 Å². The summed E-state index contributed by atoms with van der Waals surface area (Å²) in [6.45, 7) is 6.92. The Labute approximate surface area is 241 Å². The second kappa shape index (κ2) is 13.2. The lowest BCUT2D eigenvalue weighted by molar-refractivity contribution is -0.131. The van der Waals surface area contributed by atoms with Gasteiger partial charge in [0, 0.05) is 37.8 Å². The Balaban J connectivity index is 1.59. The van der Waals surface area contributed by atoms with Crippen LogP contribution in [0, 0.1) is 12.8 Å². The quantitative estimate of drug-likeness (QED) is 0.330. The number of nitrogens with zero attached hydrogens (tertiary/aromatic N) is 3. The third-order valence-corrected chi connectivity index (χ3v) is 7.02. The molecule has 9 heteroatoms. The first-order chi connectivity index (χ1) is 19.7. The molecule has 1 heterocycles. The summed E-state index contributed by atoms with van der Waals surface area (Å²) in [5.74, 6) is 0.781. The number of hydrogen-bond acceptors (Lipinski definition) is 5. The lowest BCUT2D eigenvalue weighted by atomic mass is 10.0. The van der Waals surface area contributed by atoms with Crippen molar-refractivity contribution in [1.82, 2.24) is 4.90 Å². The summed E-state index contributed by atoms with van der Waals surface area (Å²) < 4.78 is 11.3. The Morgan fingerprint density at radius 3 is 2.39 bits per heavy atom. The van der Waals surface area contributed by atoms with E-state index in [-0.39, 0.29) is 24.5 Å². The van der Waals surface area contributed by atoms with Crippen molar-refractivity contribution in [3.8, 4) is 5.75 Å². The van der Waals surface area contributed by atoms with Crippen LogP contribution in [0.4, 0.5) is 16.2 Å². The Morgan fingerprint density at radius 1 is 1.05 bits per heavy atom. The fourth-order valence-electron chi connectivity index (χ4n) is 4.85. The molecule has 0 saturated heterocycles. The first-order valence-corrected chi connectivity index (χ1v) is 13.7. The number of methoxy groups -OCH3 is 1. The predicted octanol–water partition coefficient (Wildman–Crippen LogP) is 5.71. The van der Waals surface area contributed by atoms with Gasteiger partial charge in [0.25, 0.3) is 6.02 Å². The molecule has 0 aromatic heterocycles. The molecule has 4 rings (SSSR count). The van der Waals surface area contributed by atoms with Gasteiger partial charge in [0.05, 0.1) is 12.8 Å². The van der Waals surface area contributed by atoms with E-state index in [4.69, 9.17) is 14.5 Å². The Kier molecular flexibility index (Phi) is 9.49. The average Bonchev–Trinajstić information content (AvgIpc) is 2.96. The lowest BCUT2D eigenvalue weighted by Crippen LogP contribution is -2.38. The Morgan fingerprint density at radius 2 is 1.76 bits per heavy atom. The summed E-state index contributed by atoms with van der Waals surface area (Å²) in [4.78, 5) is 33.4. The summed E-state index contributed by atoms with van der Waals surface area (Å²) in [5, 5.41) is 13.0. The van der Waals surface area contributed by atoms with Gasteiger partial charge in [-0.25, -0.2) is 9.79 Å². The molecule has 1 atom stereocenters. The number of aliphatic imine (C=N–C) groups is 1. The van der Waals surface area contributed by atoms with E-state index in [1.54, 1.807) is 25.1 Å². The summed E-state index contributed by atoms with van der Waals surface area (Å²) in [6, 6.07) is 20.6. The van der Waals surface area contributed by atoms with Gasteiger partial charge in [0.2, 0.25) is 5.91 Å². The van der Waals surface area contributed by atoms with Gasteiger partial charge >= 0.3 is 6.09 Å². The number of fused-ring (bicyclic) bond motifs is 1. The third-order valence-electron chi connectivity index (χ3n) is 7.02. The highest BCUT2D eigenvalue weighted by Gasteiger charge is 2.27. The number of amides is 2. The number of rotatable bonds is 10. The molecular formula is C32H38N4O5. The molecule has 0 saturated carbocycles. The summed E-state index contributed by atoms with van der Waals surface area (Å²) >= 11 is 0. The van der Waals surface area contributed by atoms with E-state index >= 15 is 0 Å². The number of benzene rings is 3. The average molecular weight is 559 g/mol. The molecule has 3 aromatic rings. The largest absolute Gasteiger partial charge is 0.497 e. The van der Waals surface area contributed by atoms with Crippen molar-refractivity contribution >= 4 is 29.4 Å². The number of ether oxygens (including phenoxy) is 2. The van der Waals surface area contributed by atoms with Crippen LogP contribution >= 0.6 is 0 Å². The second-order valence-corrected chi connectivity index (χ2v) is 10.6. The number of carbonyl (C=O) groups excluding carboxylic acids is 1. The topological polar surface area (TPSA) is 104 Å². The Hall–Kier alpha value is -4.53. The molecule has 1 aliphatic rings. The molecule has 41 heavy (non-hydrogen) atoms. The number of carboxylic acid groups (broad SMARTS) is 1. The molecule has 2 N–H and O–H groups in total. The van der Waals surface area contributed by atoms with Gasteiger partial charge in [0.1, 0.15) is 18.4 Å². The molecule has 0 aliphatic carbocycles. The zero-order valence-electron chi connectivity index (χ0n) is 24.3. The van der Waals surface area contributed by atoms with E-state index in [2.05, 4.69) is 5.32 Å². The zero-order valence-corrected chi connectivity index (χ0v) is 24.3. The van der Waals surface area contributed by atoms with E-state index in [0.717, 1.165) is 33.7 Å². The maximum atomic E-state index is 13.7. The minimum atomic E-state index is -0.992. The third kappa shape index (κ3) is 7.36. The lowest BCUT2D eigenvalue weighted by Gasteiger charge is -2.29. The monoisotopic (exact) mass is 558 g/mol. The SMILES string of the molecule is COc1ccc(C[C@H](N=C2Nc3ccc(N(CC(C)C)C(=O)O)c(C)c3CO2)C(=O)N(C)Cc2ccccc2)cc1. The maximum Gasteiger partial charge on any atom is 0.411 e. The second-order valence-electron chi connectivity index (χ2n) is 10.6. The number of carbonyl (C=O) groups is 2. The minimum Gasteiger partial charge on any atom is -0.497 e. The van der Waals surface area contributed by atoms with Gasteiger partial charge in [-0.05, 0) is 53.8 Å². The molecule has 0 bridgehead atoms. The highest BCUT2D eigenvalue weighted by Crippen LogP contribution is 2.33. The molecular weight excluding hydrogens is 520 g/mol. The highest BCUT2D eigenvalue weighted by atomic mass is 16.5. The van der Waals surface area contributed by atoms with E-state index in [1.807, 2.05) is 81.4 Å². The summed E-state index contributed by atoms with van der Waals surface area (Å²) in [7, 11) is 3.39. The van der Waals surface area contributed by atoms with E-state index in [9.17, 15) is 14.7 Å². The zero-order chi connectivity index (χ0) is 29.5.